The number of halogens is 3. The number of rotatable bonds is 1. The molecule has 0 bridgehead atoms. The summed E-state index contributed by atoms with van der Waals surface area (Å²) in [6.45, 7) is 0. The van der Waals surface area contributed by atoms with Gasteiger partial charge in [0.2, 0.25) is 0 Å². The van der Waals surface area contributed by atoms with Crippen LogP contribution in [0.15, 0.2) is 18.6 Å². The molecule has 8 heteroatoms. The fourth-order valence-electron chi connectivity index (χ4n) is 0.989. The molecule has 0 fully saturated rings. The van der Waals surface area contributed by atoms with Crippen molar-refractivity contribution in [1.29, 1.82) is 0 Å². The Kier molecular flexibility index (Phi) is 2.50. The number of nitrogen functional groups attached to an aromatic ring is 1. The van der Waals surface area contributed by atoms with Gasteiger partial charge in [-0.2, -0.15) is 13.2 Å². The Hall–Kier alpha value is -1.70. The predicted molar refractivity (Wildman–Crippen MR) is 52.6 cm³/mol. The zero-order chi connectivity index (χ0) is 11.8. The summed E-state index contributed by atoms with van der Waals surface area (Å²) in [5.74, 6) is 0.212. The van der Waals surface area contributed by atoms with Crippen molar-refractivity contribution in [3.63, 3.8) is 0 Å². The molecule has 0 aliphatic carbocycles. The lowest BCUT2D eigenvalue weighted by Crippen LogP contribution is -2.02. The van der Waals surface area contributed by atoms with Crippen LogP contribution in [0.3, 0.4) is 0 Å². The maximum Gasteiger partial charge on any atom is 0.443 e. The Morgan fingerprint density at radius 3 is 2.31 bits per heavy atom. The second-order valence-electron chi connectivity index (χ2n) is 2.85. The molecule has 2 aromatic heterocycles. The van der Waals surface area contributed by atoms with Gasteiger partial charge in [0.05, 0.1) is 17.3 Å². The number of nitrogens with zero attached hydrogens (tertiary/aromatic N) is 3. The Bertz CT molecular complexity index is 491. The lowest BCUT2D eigenvalue weighted by atomic mass is 10.4. The number of thiazole rings is 1. The molecule has 0 atom stereocenters. The van der Waals surface area contributed by atoms with Gasteiger partial charge in [0.25, 0.3) is 0 Å². The number of hydrogen-bond donors (Lipinski definition) is 1. The van der Waals surface area contributed by atoms with E-state index in [9.17, 15) is 13.2 Å². The Labute approximate surface area is 92.0 Å². The Balaban J connectivity index is 2.35. The molecule has 2 aromatic rings. The average molecular weight is 246 g/mol. The molecule has 2 N–H and O–H groups in total. The minimum absolute atomic E-state index is 0.212. The highest BCUT2D eigenvalue weighted by Crippen LogP contribution is 2.35. The molecule has 4 nitrogen and oxygen atoms in total. The summed E-state index contributed by atoms with van der Waals surface area (Å²) < 4.78 is 36.8. The van der Waals surface area contributed by atoms with Crippen molar-refractivity contribution in [1.82, 2.24) is 15.0 Å². The van der Waals surface area contributed by atoms with Gasteiger partial charge < -0.3 is 5.73 Å². The van der Waals surface area contributed by atoms with E-state index in [1.807, 2.05) is 0 Å². The smallest absolute Gasteiger partial charge is 0.382 e. The fourth-order valence-corrected chi connectivity index (χ4v) is 1.73. The van der Waals surface area contributed by atoms with E-state index in [2.05, 4.69) is 15.0 Å². The van der Waals surface area contributed by atoms with Gasteiger partial charge >= 0.3 is 6.18 Å². The van der Waals surface area contributed by atoms with Gasteiger partial charge in [0.15, 0.2) is 5.01 Å². The van der Waals surface area contributed by atoms with Crippen molar-refractivity contribution in [2.45, 2.75) is 6.18 Å². The molecule has 2 heterocycles. The summed E-state index contributed by atoms with van der Waals surface area (Å²) in [6.07, 6.45) is -0.719. The van der Waals surface area contributed by atoms with Crippen molar-refractivity contribution in [2.75, 3.05) is 5.73 Å². The van der Waals surface area contributed by atoms with E-state index in [1.54, 1.807) is 0 Å². The summed E-state index contributed by atoms with van der Waals surface area (Å²) in [7, 11) is 0. The van der Waals surface area contributed by atoms with Crippen LogP contribution in [0.1, 0.15) is 5.01 Å². The van der Waals surface area contributed by atoms with Crippen LogP contribution in [0.5, 0.6) is 0 Å². The van der Waals surface area contributed by atoms with Crippen molar-refractivity contribution < 1.29 is 13.2 Å². The lowest BCUT2D eigenvalue weighted by molar-refractivity contribution is -0.137. The highest BCUT2D eigenvalue weighted by Gasteiger charge is 2.34. The molecular weight excluding hydrogens is 241 g/mol. The van der Waals surface area contributed by atoms with Gasteiger partial charge in [-0.15, -0.1) is 11.3 Å². The van der Waals surface area contributed by atoms with Gasteiger partial charge in [0, 0.05) is 6.20 Å². The third kappa shape index (κ3) is 2.11. The van der Waals surface area contributed by atoms with Crippen LogP contribution in [-0.4, -0.2) is 15.0 Å². The third-order valence-electron chi connectivity index (χ3n) is 1.67. The van der Waals surface area contributed by atoms with E-state index in [0.717, 1.165) is 6.20 Å². The maximum absolute atomic E-state index is 12.3. The summed E-state index contributed by atoms with van der Waals surface area (Å²) in [5, 5.41) is -0.902. The minimum atomic E-state index is -4.43. The van der Waals surface area contributed by atoms with E-state index >= 15 is 0 Å². The number of hydrogen-bond acceptors (Lipinski definition) is 5. The topological polar surface area (TPSA) is 64.7 Å². The number of nitrogens with two attached hydrogens (primary N) is 1. The van der Waals surface area contributed by atoms with Gasteiger partial charge in [-0.05, 0) is 0 Å². The van der Waals surface area contributed by atoms with E-state index < -0.39 is 11.2 Å². The molecule has 16 heavy (non-hydrogen) atoms. The van der Waals surface area contributed by atoms with Crippen molar-refractivity contribution in [3.05, 3.63) is 23.6 Å². The predicted octanol–water partition coefficient (Wildman–Crippen LogP) is 2.20. The zero-order valence-corrected chi connectivity index (χ0v) is 8.51. The van der Waals surface area contributed by atoms with Gasteiger partial charge in [-0.1, -0.05) is 0 Å². The molecule has 0 amide bonds. The van der Waals surface area contributed by atoms with Crippen molar-refractivity contribution in [2.24, 2.45) is 0 Å². The highest BCUT2D eigenvalue weighted by molar-refractivity contribution is 7.15. The summed E-state index contributed by atoms with van der Waals surface area (Å²) in [4.78, 5) is 11.2. The van der Waals surface area contributed by atoms with Crippen LogP contribution in [0, 0.1) is 0 Å². The maximum atomic E-state index is 12.3. The van der Waals surface area contributed by atoms with Gasteiger partial charge in [0.1, 0.15) is 11.5 Å². The van der Waals surface area contributed by atoms with Crippen LogP contribution >= 0.6 is 11.3 Å². The van der Waals surface area contributed by atoms with E-state index in [4.69, 9.17) is 5.73 Å². The highest BCUT2D eigenvalue weighted by atomic mass is 32.1. The van der Waals surface area contributed by atoms with Crippen molar-refractivity contribution >= 4 is 17.2 Å². The summed E-state index contributed by atoms with van der Waals surface area (Å²) >= 11 is 0.519. The van der Waals surface area contributed by atoms with E-state index in [-0.39, 0.29) is 5.82 Å². The van der Waals surface area contributed by atoms with Crippen LogP contribution < -0.4 is 5.73 Å². The zero-order valence-electron chi connectivity index (χ0n) is 7.69. The molecule has 0 saturated heterocycles. The first kappa shape index (κ1) is 10.8. The SMILES string of the molecule is Nc1cnc(-c2cnc(C(F)(F)F)s2)cn1. The molecule has 0 aromatic carbocycles. The first-order valence-electron chi connectivity index (χ1n) is 4.08. The van der Waals surface area contributed by atoms with Gasteiger partial charge in [-0.3, -0.25) is 0 Å². The Morgan fingerprint density at radius 1 is 1.06 bits per heavy atom. The normalized spacial score (nSPS) is 11.7. The van der Waals surface area contributed by atoms with Crippen LogP contribution in [0.25, 0.3) is 10.6 Å². The van der Waals surface area contributed by atoms with E-state index in [0.29, 0.717) is 21.9 Å². The van der Waals surface area contributed by atoms with Crippen molar-refractivity contribution in [3.8, 4) is 10.6 Å². The monoisotopic (exact) mass is 246 g/mol. The number of aromatic nitrogens is 3. The molecule has 0 saturated carbocycles. The molecule has 2 rings (SSSR count). The van der Waals surface area contributed by atoms with Crippen LogP contribution in [-0.2, 0) is 6.18 Å². The molecule has 0 aliphatic rings. The van der Waals surface area contributed by atoms with E-state index in [1.165, 1.54) is 12.4 Å². The van der Waals surface area contributed by atoms with Gasteiger partial charge in [-0.25, -0.2) is 15.0 Å². The fraction of sp³-hybridized carbons (Fsp3) is 0.125. The molecular formula is C8H5F3N4S. The number of alkyl halides is 3. The Morgan fingerprint density at radius 2 is 1.81 bits per heavy atom. The second kappa shape index (κ2) is 3.71. The first-order valence-corrected chi connectivity index (χ1v) is 4.89. The molecule has 0 spiro atoms. The minimum Gasteiger partial charge on any atom is -0.382 e. The standard InChI is InChI=1S/C8H5F3N4S/c9-8(10,11)7-15-2-5(16-7)4-1-14-6(12)3-13-4/h1-3H,(H2,12,14). The molecule has 0 radical (unpaired) electrons. The van der Waals surface area contributed by atoms with Crippen LogP contribution in [0.4, 0.5) is 19.0 Å². The van der Waals surface area contributed by atoms with Crippen LogP contribution in [0.2, 0.25) is 0 Å². The molecule has 0 unspecified atom stereocenters. The molecule has 84 valence electrons. The largest absolute Gasteiger partial charge is 0.443 e. The lowest BCUT2D eigenvalue weighted by Gasteiger charge is -1.99. The first-order chi connectivity index (χ1) is 7.47. The summed E-state index contributed by atoms with van der Waals surface area (Å²) in [5.41, 5.74) is 5.63. The summed E-state index contributed by atoms with van der Waals surface area (Å²) in [6, 6.07) is 0. The third-order valence-corrected chi connectivity index (χ3v) is 2.74. The molecule has 0 aliphatic heterocycles. The number of anilines is 1. The average Bonchev–Trinajstić information content (AvgIpc) is 2.67. The quantitative estimate of drug-likeness (QED) is 0.837. The second-order valence-corrected chi connectivity index (χ2v) is 3.88.